The Labute approximate surface area is 220 Å². The Hall–Kier alpha value is -2.53. The van der Waals surface area contributed by atoms with E-state index in [1.54, 1.807) is 29.2 Å². The SMILES string of the molecule is CN[C@H]1CCN(c2nc(C=C(N)[C@@H]3CCCCN3C(=O)c3cc(Cl)ccc3N[S+](C)[O-])ncc2C)C1. The number of likely N-dealkylation sites (N-methyl/N-ethyl adjacent to an activating group) is 1. The average molecular weight is 532 g/mol. The van der Waals surface area contributed by atoms with E-state index in [4.69, 9.17) is 22.3 Å². The molecule has 1 aromatic heterocycles. The number of likely N-dealkylation sites (tertiary alicyclic amines) is 1. The Balaban J connectivity index is 1.60. The summed E-state index contributed by atoms with van der Waals surface area (Å²) in [5, 5.41) is 3.77. The quantitative estimate of drug-likeness (QED) is 0.466. The van der Waals surface area contributed by atoms with Crippen molar-refractivity contribution in [2.75, 3.05) is 42.6 Å². The number of carbonyl (C=O) groups excluding carboxylic acids is 1. The van der Waals surface area contributed by atoms with Crippen LogP contribution in [0.1, 0.15) is 47.4 Å². The summed E-state index contributed by atoms with van der Waals surface area (Å²) < 4.78 is 14.6. The van der Waals surface area contributed by atoms with Crippen molar-refractivity contribution in [2.45, 2.75) is 44.7 Å². The molecule has 0 saturated carbocycles. The monoisotopic (exact) mass is 531 g/mol. The minimum atomic E-state index is -1.33. The van der Waals surface area contributed by atoms with Crippen LogP contribution in [0.15, 0.2) is 30.1 Å². The number of aromatic nitrogens is 2. The van der Waals surface area contributed by atoms with Gasteiger partial charge in [-0.1, -0.05) is 11.6 Å². The molecular weight excluding hydrogens is 498 g/mol. The zero-order chi connectivity index (χ0) is 25.8. The van der Waals surface area contributed by atoms with Gasteiger partial charge >= 0.3 is 0 Å². The summed E-state index contributed by atoms with van der Waals surface area (Å²) in [5.74, 6) is 1.25. The van der Waals surface area contributed by atoms with Crippen molar-refractivity contribution in [1.29, 1.82) is 0 Å². The molecule has 36 heavy (non-hydrogen) atoms. The molecule has 4 rings (SSSR count). The number of amides is 1. The van der Waals surface area contributed by atoms with Crippen molar-refractivity contribution in [3.05, 3.63) is 52.1 Å². The second-order valence-corrected chi connectivity index (χ2v) is 10.9. The molecule has 4 N–H and O–H groups in total. The molecule has 0 aliphatic carbocycles. The van der Waals surface area contributed by atoms with Crippen LogP contribution in [0.3, 0.4) is 0 Å². The number of benzene rings is 1. The molecule has 0 bridgehead atoms. The van der Waals surface area contributed by atoms with E-state index in [2.05, 4.69) is 19.9 Å². The topological polar surface area (TPSA) is 122 Å². The summed E-state index contributed by atoms with van der Waals surface area (Å²) in [6.07, 6.45) is 8.78. The van der Waals surface area contributed by atoms with Gasteiger partial charge in [0, 0.05) is 54.2 Å². The van der Waals surface area contributed by atoms with E-state index in [1.165, 1.54) is 6.26 Å². The lowest BCUT2D eigenvalue weighted by atomic mass is 9.97. The third-order valence-electron chi connectivity index (χ3n) is 6.77. The van der Waals surface area contributed by atoms with Crippen molar-refractivity contribution < 1.29 is 9.35 Å². The summed E-state index contributed by atoms with van der Waals surface area (Å²) in [7, 11) is 1.98. The Morgan fingerprint density at radius 1 is 1.31 bits per heavy atom. The largest absolute Gasteiger partial charge is 0.593 e. The summed E-state index contributed by atoms with van der Waals surface area (Å²) in [6, 6.07) is 5.10. The smallest absolute Gasteiger partial charge is 0.256 e. The molecule has 194 valence electrons. The van der Waals surface area contributed by atoms with E-state index in [1.807, 2.05) is 20.2 Å². The number of carbonyl (C=O) groups is 1. The Morgan fingerprint density at radius 2 is 2.11 bits per heavy atom. The summed E-state index contributed by atoms with van der Waals surface area (Å²) in [5.41, 5.74) is 9.01. The highest BCUT2D eigenvalue weighted by Crippen LogP contribution is 2.29. The van der Waals surface area contributed by atoms with Crippen LogP contribution in [0.25, 0.3) is 6.08 Å². The number of anilines is 2. The molecule has 1 amide bonds. The van der Waals surface area contributed by atoms with Crippen LogP contribution in [-0.2, 0) is 11.4 Å². The highest BCUT2D eigenvalue weighted by molar-refractivity contribution is 7.92. The normalized spacial score (nSPS) is 21.5. The highest BCUT2D eigenvalue weighted by atomic mass is 35.5. The number of hydrogen-bond donors (Lipinski definition) is 3. The number of rotatable bonds is 7. The molecule has 2 aliphatic heterocycles. The van der Waals surface area contributed by atoms with Gasteiger partial charge in [-0.3, -0.25) is 4.79 Å². The van der Waals surface area contributed by atoms with Gasteiger partial charge in [0.25, 0.3) is 5.91 Å². The third kappa shape index (κ3) is 6.05. The number of nitrogens with two attached hydrogens (primary N) is 1. The molecule has 1 aromatic carbocycles. The summed E-state index contributed by atoms with van der Waals surface area (Å²) in [6.45, 7) is 4.42. The van der Waals surface area contributed by atoms with Gasteiger partial charge in [-0.05, 0) is 57.9 Å². The lowest BCUT2D eigenvalue weighted by molar-refractivity contribution is 0.0653. The van der Waals surface area contributed by atoms with E-state index >= 15 is 0 Å². The van der Waals surface area contributed by atoms with Crippen LogP contribution >= 0.6 is 11.6 Å². The summed E-state index contributed by atoms with van der Waals surface area (Å²) >= 11 is 4.88. The first-order valence-electron chi connectivity index (χ1n) is 12.2. The molecule has 0 spiro atoms. The number of nitrogens with one attached hydrogen (secondary N) is 2. The van der Waals surface area contributed by atoms with Gasteiger partial charge in [0.15, 0.2) is 5.82 Å². The van der Waals surface area contributed by atoms with Crippen LogP contribution in [0.5, 0.6) is 0 Å². The number of nitrogens with zero attached hydrogens (tertiary/aromatic N) is 4. The van der Waals surface area contributed by atoms with E-state index in [-0.39, 0.29) is 11.9 Å². The first-order chi connectivity index (χ1) is 17.3. The van der Waals surface area contributed by atoms with E-state index < -0.39 is 11.4 Å². The van der Waals surface area contributed by atoms with Crippen molar-refractivity contribution in [3.63, 3.8) is 0 Å². The van der Waals surface area contributed by atoms with Gasteiger partial charge in [-0.15, -0.1) is 0 Å². The van der Waals surface area contributed by atoms with Crippen molar-refractivity contribution in [2.24, 2.45) is 5.73 Å². The standard InChI is InChI=1S/C25H34ClN7O2S/c1-16-14-29-23(30-24(16)32-11-9-18(15-32)28-2)13-20(27)22-6-4-5-10-33(22)25(34)19-12-17(26)7-8-21(19)31-36(3)35/h7-8,12-14,18,22,28,31H,4-6,9-11,15,27H2,1-3H3/t18-,22-,36?/m0/s1. The Bertz CT molecular complexity index is 1130. The fraction of sp³-hybridized carbons (Fsp3) is 0.480. The minimum Gasteiger partial charge on any atom is -0.593 e. The molecule has 3 heterocycles. The van der Waals surface area contributed by atoms with Gasteiger partial charge in [-0.2, -0.15) is 0 Å². The van der Waals surface area contributed by atoms with Crippen molar-refractivity contribution >= 4 is 46.5 Å². The zero-order valence-electron chi connectivity index (χ0n) is 21.0. The van der Waals surface area contributed by atoms with Gasteiger partial charge in [0.2, 0.25) is 0 Å². The predicted octanol–water partition coefficient (Wildman–Crippen LogP) is 2.94. The van der Waals surface area contributed by atoms with Gasteiger partial charge in [-0.25, -0.2) is 14.7 Å². The van der Waals surface area contributed by atoms with Crippen LogP contribution in [0.2, 0.25) is 5.02 Å². The van der Waals surface area contributed by atoms with Crippen LogP contribution in [-0.4, -0.2) is 70.3 Å². The fourth-order valence-corrected chi connectivity index (χ4v) is 5.54. The maximum absolute atomic E-state index is 13.7. The zero-order valence-corrected chi connectivity index (χ0v) is 22.5. The van der Waals surface area contributed by atoms with E-state index in [0.29, 0.717) is 40.4 Å². The number of halogens is 1. The van der Waals surface area contributed by atoms with Crippen LogP contribution in [0, 0.1) is 6.92 Å². The molecule has 0 radical (unpaired) electrons. The average Bonchev–Trinajstić information content (AvgIpc) is 3.35. The van der Waals surface area contributed by atoms with Crippen LogP contribution < -0.4 is 20.7 Å². The predicted molar refractivity (Wildman–Crippen MR) is 146 cm³/mol. The molecule has 2 saturated heterocycles. The first kappa shape index (κ1) is 26.5. The number of piperidine rings is 1. The number of aryl methyl sites for hydroxylation is 1. The molecule has 9 nitrogen and oxygen atoms in total. The first-order valence-corrected chi connectivity index (χ1v) is 14.1. The molecule has 2 aliphatic rings. The second-order valence-electron chi connectivity index (χ2n) is 9.36. The van der Waals surface area contributed by atoms with E-state index in [0.717, 1.165) is 50.2 Å². The van der Waals surface area contributed by atoms with E-state index in [9.17, 15) is 9.35 Å². The maximum atomic E-state index is 13.7. The number of hydrogen-bond acceptors (Lipinski definition) is 8. The molecular formula is C25H34ClN7O2S. The maximum Gasteiger partial charge on any atom is 0.256 e. The lowest BCUT2D eigenvalue weighted by Gasteiger charge is -2.36. The molecule has 2 fully saturated rings. The summed E-state index contributed by atoms with van der Waals surface area (Å²) in [4.78, 5) is 27.0. The molecule has 2 aromatic rings. The highest BCUT2D eigenvalue weighted by Gasteiger charge is 2.31. The lowest BCUT2D eigenvalue weighted by Crippen LogP contribution is -2.46. The van der Waals surface area contributed by atoms with Gasteiger partial charge < -0.3 is 25.4 Å². The molecule has 1 unspecified atom stereocenters. The Morgan fingerprint density at radius 3 is 2.83 bits per heavy atom. The fourth-order valence-electron chi connectivity index (χ4n) is 4.88. The van der Waals surface area contributed by atoms with Crippen molar-refractivity contribution in [1.82, 2.24) is 20.2 Å². The second kappa shape index (κ2) is 11.7. The minimum absolute atomic E-state index is 0.202. The van der Waals surface area contributed by atoms with Gasteiger partial charge in [0.05, 0.1) is 28.7 Å². The van der Waals surface area contributed by atoms with Gasteiger partial charge in [0.1, 0.15) is 12.1 Å². The Kier molecular flexibility index (Phi) is 8.61. The third-order valence-corrected chi connectivity index (χ3v) is 7.51. The molecule has 3 atom stereocenters. The molecule has 11 heteroatoms. The van der Waals surface area contributed by atoms with Crippen LogP contribution in [0.4, 0.5) is 11.5 Å². The van der Waals surface area contributed by atoms with Crippen molar-refractivity contribution in [3.8, 4) is 0 Å².